The molecule has 0 aliphatic rings. The summed E-state index contributed by atoms with van der Waals surface area (Å²) >= 11 is 0. The number of hydrogen-bond donors (Lipinski definition) is 3. The summed E-state index contributed by atoms with van der Waals surface area (Å²) in [5.74, 6) is -0.883. The van der Waals surface area contributed by atoms with E-state index in [0.29, 0.717) is 5.56 Å². The molecule has 1 aromatic heterocycles. The number of nitrogens with one attached hydrogen (secondary N) is 1. The van der Waals surface area contributed by atoms with Crippen LogP contribution in [0.3, 0.4) is 0 Å². The number of carbonyl (C=O) groups excluding carboxylic acids is 1. The number of rotatable bonds is 8. The van der Waals surface area contributed by atoms with Gasteiger partial charge < -0.3 is 11.5 Å². The Kier molecular flexibility index (Phi) is 7.48. The molecule has 2 aromatic carbocycles. The first-order valence-corrected chi connectivity index (χ1v) is 11.8. The van der Waals surface area contributed by atoms with E-state index in [1.807, 2.05) is 11.6 Å². The molecule has 3 rings (SSSR count). The van der Waals surface area contributed by atoms with Crippen molar-refractivity contribution in [2.45, 2.75) is 30.8 Å². The summed E-state index contributed by atoms with van der Waals surface area (Å²) in [7, 11) is -4.19. The molecule has 1 amide bonds. The Morgan fingerprint density at radius 2 is 1.71 bits per heavy atom. The number of aliphatic imine (C=N–C) groups is 1. The van der Waals surface area contributed by atoms with E-state index in [0.717, 1.165) is 16.3 Å². The largest absolute Gasteiger partial charge is 0.435 e. The molecule has 35 heavy (non-hydrogen) atoms. The summed E-state index contributed by atoms with van der Waals surface area (Å²) in [5.41, 5.74) is 11.1. The van der Waals surface area contributed by atoms with E-state index in [1.165, 1.54) is 24.3 Å². The standard InChI is InChI=1S/C22H23F3N6O3S/c1-14-4-6-15(7-5-14)18-13-19(22(23,24)25)29-31(18)16-8-10-17(11-9-16)35(33,34)30-20(32)3-2-12-28-21(26)27/h4-11,13H,2-3,12H2,1H3,(H,30,32)(H4,26,27,28). The SMILES string of the molecule is Cc1ccc(-c2cc(C(F)(F)F)nn2-c2ccc(S(=O)(=O)NC(=O)CCCN=C(N)N)cc2)cc1. The van der Waals surface area contributed by atoms with Gasteiger partial charge in [-0.2, -0.15) is 18.3 Å². The lowest BCUT2D eigenvalue weighted by Gasteiger charge is -2.10. The van der Waals surface area contributed by atoms with E-state index in [2.05, 4.69) is 10.1 Å². The Bertz CT molecular complexity index is 1330. The van der Waals surface area contributed by atoms with Gasteiger partial charge >= 0.3 is 6.18 Å². The molecule has 186 valence electrons. The Labute approximate surface area is 199 Å². The van der Waals surface area contributed by atoms with Crippen LogP contribution in [0.1, 0.15) is 24.1 Å². The van der Waals surface area contributed by atoms with Crippen molar-refractivity contribution in [3.05, 3.63) is 65.9 Å². The highest BCUT2D eigenvalue weighted by atomic mass is 32.2. The zero-order valence-corrected chi connectivity index (χ0v) is 19.4. The summed E-state index contributed by atoms with van der Waals surface area (Å²) < 4.78 is 68.1. The Morgan fingerprint density at radius 1 is 1.09 bits per heavy atom. The summed E-state index contributed by atoms with van der Waals surface area (Å²) in [6.07, 6.45) is -4.55. The first kappa shape index (κ1) is 25.7. The number of sulfonamides is 1. The van der Waals surface area contributed by atoms with E-state index in [9.17, 15) is 26.4 Å². The van der Waals surface area contributed by atoms with Crippen LogP contribution in [0, 0.1) is 6.92 Å². The molecule has 13 heteroatoms. The molecular formula is C22H23F3N6O3S. The average molecular weight is 509 g/mol. The van der Waals surface area contributed by atoms with Crippen molar-refractivity contribution in [3.63, 3.8) is 0 Å². The molecule has 0 bridgehead atoms. The zero-order chi connectivity index (χ0) is 25.8. The average Bonchev–Trinajstić information content (AvgIpc) is 3.23. The van der Waals surface area contributed by atoms with Gasteiger partial charge in [0, 0.05) is 18.5 Å². The molecule has 9 nitrogen and oxygen atoms in total. The van der Waals surface area contributed by atoms with Gasteiger partial charge in [0.25, 0.3) is 10.0 Å². The number of aryl methyl sites for hydroxylation is 1. The number of alkyl halides is 3. The fourth-order valence-electron chi connectivity index (χ4n) is 3.12. The number of amides is 1. The third kappa shape index (κ3) is 6.59. The Morgan fingerprint density at radius 3 is 2.29 bits per heavy atom. The lowest BCUT2D eigenvalue weighted by molar-refractivity contribution is -0.141. The summed E-state index contributed by atoms with van der Waals surface area (Å²) in [5, 5.41) is 3.69. The van der Waals surface area contributed by atoms with Gasteiger partial charge in [0.05, 0.1) is 16.3 Å². The van der Waals surface area contributed by atoms with Crippen molar-refractivity contribution < 1.29 is 26.4 Å². The third-order valence-electron chi connectivity index (χ3n) is 4.84. The zero-order valence-electron chi connectivity index (χ0n) is 18.6. The summed E-state index contributed by atoms with van der Waals surface area (Å²) in [6, 6.07) is 12.8. The number of halogens is 3. The minimum absolute atomic E-state index is 0.124. The second kappa shape index (κ2) is 10.2. The van der Waals surface area contributed by atoms with Crippen LogP contribution in [0.5, 0.6) is 0 Å². The fourth-order valence-corrected chi connectivity index (χ4v) is 4.13. The van der Waals surface area contributed by atoms with E-state index in [1.54, 1.807) is 24.3 Å². The lowest BCUT2D eigenvalue weighted by atomic mass is 10.1. The van der Waals surface area contributed by atoms with Crippen molar-refractivity contribution in [2.24, 2.45) is 16.5 Å². The molecular weight excluding hydrogens is 485 g/mol. The predicted molar refractivity (Wildman–Crippen MR) is 124 cm³/mol. The first-order valence-electron chi connectivity index (χ1n) is 10.3. The monoisotopic (exact) mass is 508 g/mol. The van der Waals surface area contributed by atoms with E-state index in [4.69, 9.17) is 11.5 Å². The van der Waals surface area contributed by atoms with Crippen LogP contribution in [-0.2, 0) is 21.0 Å². The second-order valence-corrected chi connectivity index (χ2v) is 9.31. The Balaban J connectivity index is 1.85. The minimum Gasteiger partial charge on any atom is -0.370 e. The number of aromatic nitrogens is 2. The van der Waals surface area contributed by atoms with Crippen LogP contribution in [0.4, 0.5) is 13.2 Å². The highest BCUT2D eigenvalue weighted by Crippen LogP contribution is 2.33. The van der Waals surface area contributed by atoms with E-state index in [-0.39, 0.29) is 41.6 Å². The molecule has 0 atom stereocenters. The van der Waals surface area contributed by atoms with Crippen molar-refractivity contribution in [2.75, 3.05) is 6.54 Å². The molecule has 0 aliphatic heterocycles. The summed E-state index contributed by atoms with van der Waals surface area (Å²) in [6.45, 7) is 2.02. The quantitative estimate of drug-likeness (QED) is 0.242. The van der Waals surface area contributed by atoms with Crippen molar-refractivity contribution in [1.82, 2.24) is 14.5 Å². The van der Waals surface area contributed by atoms with Crippen molar-refractivity contribution >= 4 is 21.9 Å². The Hall–Kier alpha value is -3.87. The molecule has 0 radical (unpaired) electrons. The van der Waals surface area contributed by atoms with Crippen LogP contribution in [0.15, 0.2) is 64.5 Å². The molecule has 3 aromatic rings. The molecule has 0 saturated carbocycles. The maximum Gasteiger partial charge on any atom is 0.435 e. The molecule has 0 fully saturated rings. The molecule has 5 N–H and O–H groups in total. The molecule has 1 heterocycles. The maximum atomic E-state index is 13.4. The highest BCUT2D eigenvalue weighted by molar-refractivity contribution is 7.90. The topological polar surface area (TPSA) is 145 Å². The molecule has 0 spiro atoms. The number of nitrogens with zero attached hydrogens (tertiary/aromatic N) is 3. The number of guanidine groups is 1. The van der Waals surface area contributed by atoms with E-state index < -0.39 is 27.8 Å². The maximum absolute atomic E-state index is 13.4. The lowest BCUT2D eigenvalue weighted by Crippen LogP contribution is -2.30. The van der Waals surface area contributed by atoms with Gasteiger partial charge in [0.15, 0.2) is 11.7 Å². The second-order valence-electron chi connectivity index (χ2n) is 7.62. The van der Waals surface area contributed by atoms with E-state index >= 15 is 0 Å². The van der Waals surface area contributed by atoms with Gasteiger partial charge in [0.1, 0.15) is 0 Å². The van der Waals surface area contributed by atoms with Crippen LogP contribution < -0.4 is 16.2 Å². The fraction of sp³-hybridized carbons (Fsp3) is 0.227. The van der Waals surface area contributed by atoms with Crippen LogP contribution in [-0.4, -0.2) is 36.6 Å². The predicted octanol–water partition coefficient (Wildman–Crippen LogP) is 2.73. The van der Waals surface area contributed by atoms with Gasteiger partial charge in [0.2, 0.25) is 5.91 Å². The normalized spacial score (nSPS) is 11.8. The van der Waals surface area contributed by atoms with Crippen molar-refractivity contribution in [1.29, 1.82) is 0 Å². The number of benzene rings is 2. The molecule has 0 saturated heterocycles. The summed E-state index contributed by atoms with van der Waals surface area (Å²) in [4.78, 5) is 15.4. The molecule has 0 aliphatic carbocycles. The van der Waals surface area contributed by atoms with Crippen LogP contribution in [0.2, 0.25) is 0 Å². The number of carbonyl (C=O) groups is 1. The minimum atomic E-state index is -4.67. The van der Waals surface area contributed by atoms with Gasteiger partial charge in [-0.3, -0.25) is 9.79 Å². The van der Waals surface area contributed by atoms with Gasteiger partial charge in [-0.1, -0.05) is 29.8 Å². The number of nitrogens with two attached hydrogens (primary N) is 2. The van der Waals surface area contributed by atoms with Crippen molar-refractivity contribution in [3.8, 4) is 16.9 Å². The van der Waals surface area contributed by atoms with Crippen LogP contribution >= 0.6 is 0 Å². The van der Waals surface area contributed by atoms with Gasteiger partial charge in [-0.05, 0) is 43.7 Å². The first-order chi connectivity index (χ1) is 16.4. The number of hydrogen-bond acceptors (Lipinski definition) is 5. The van der Waals surface area contributed by atoms with Gasteiger partial charge in [-0.25, -0.2) is 17.8 Å². The third-order valence-corrected chi connectivity index (χ3v) is 6.23. The van der Waals surface area contributed by atoms with Gasteiger partial charge in [-0.15, -0.1) is 0 Å². The highest BCUT2D eigenvalue weighted by Gasteiger charge is 2.35. The smallest absolute Gasteiger partial charge is 0.370 e. The van der Waals surface area contributed by atoms with Crippen LogP contribution in [0.25, 0.3) is 16.9 Å². The molecule has 0 unspecified atom stereocenters.